The standard InChI is InChI=1S/C11H17N3O/c1-8-3-5-13-10(9(8)12)14-11(2)4-6-15-7-11/h3,5H,4,6-7,12H2,1-2H3,(H,13,14). The number of rotatable bonds is 2. The van der Waals surface area contributed by atoms with Crippen molar-refractivity contribution in [1.82, 2.24) is 4.98 Å². The first-order valence-corrected chi connectivity index (χ1v) is 5.18. The van der Waals surface area contributed by atoms with Crippen LogP contribution in [0.4, 0.5) is 11.5 Å². The smallest absolute Gasteiger partial charge is 0.149 e. The van der Waals surface area contributed by atoms with Crippen LogP contribution in [0.25, 0.3) is 0 Å². The first-order chi connectivity index (χ1) is 7.11. The van der Waals surface area contributed by atoms with E-state index in [1.165, 1.54) is 0 Å². The number of hydrogen-bond donors (Lipinski definition) is 2. The molecule has 4 heteroatoms. The highest BCUT2D eigenvalue weighted by molar-refractivity contribution is 5.65. The van der Waals surface area contributed by atoms with Gasteiger partial charge in [0.2, 0.25) is 0 Å². The number of pyridine rings is 1. The Morgan fingerprint density at radius 1 is 1.60 bits per heavy atom. The molecule has 1 aromatic rings. The van der Waals surface area contributed by atoms with E-state index in [0.29, 0.717) is 6.61 Å². The molecule has 4 nitrogen and oxygen atoms in total. The van der Waals surface area contributed by atoms with E-state index in [1.807, 2.05) is 13.0 Å². The minimum absolute atomic E-state index is 0.0328. The van der Waals surface area contributed by atoms with Gasteiger partial charge in [-0.25, -0.2) is 4.98 Å². The van der Waals surface area contributed by atoms with Gasteiger partial charge in [0.25, 0.3) is 0 Å². The van der Waals surface area contributed by atoms with E-state index in [1.54, 1.807) is 6.20 Å². The molecule has 2 rings (SSSR count). The van der Waals surface area contributed by atoms with Crippen LogP contribution in [0.1, 0.15) is 18.9 Å². The Hall–Kier alpha value is -1.29. The summed E-state index contributed by atoms with van der Waals surface area (Å²) in [5, 5.41) is 3.37. The Kier molecular flexibility index (Phi) is 2.52. The average Bonchev–Trinajstić information content (AvgIpc) is 2.60. The van der Waals surface area contributed by atoms with Gasteiger partial charge in [-0.2, -0.15) is 0 Å². The van der Waals surface area contributed by atoms with Crippen LogP contribution in [-0.4, -0.2) is 23.7 Å². The third-order valence-corrected chi connectivity index (χ3v) is 2.85. The van der Waals surface area contributed by atoms with E-state index < -0.39 is 0 Å². The second-order valence-corrected chi connectivity index (χ2v) is 4.38. The number of aryl methyl sites for hydroxylation is 1. The fourth-order valence-corrected chi connectivity index (χ4v) is 1.72. The van der Waals surface area contributed by atoms with E-state index in [9.17, 15) is 0 Å². The molecular formula is C11H17N3O. The molecule has 0 bridgehead atoms. The van der Waals surface area contributed by atoms with Gasteiger partial charge in [0.1, 0.15) is 5.82 Å². The molecule has 2 heterocycles. The maximum Gasteiger partial charge on any atom is 0.149 e. The van der Waals surface area contributed by atoms with Gasteiger partial charge in [-0.05, 0) is 31.9 Å². The third kappa shape index (κ3) is 2.04. The van der Waals surface area contributed by atoms with Crippen molar-refractivity contribution in [3.05, 3.63) is 17.8 Å². The molecule has 1 aliphatic heterocycles. The predicted octanol–water partition coefficient (Wildman–Crippen LogP) is 1.56. The monoisotopic (exact) mass is 207 g/mol. The maximum absolute atomic E-state index is 5.95. The van der Waals surface area contributed by atoms with E-state index in [4.69, 9.17) is 10.5 Å². The van der Waals surface area contributed by atoms with Gasteiger partial charge in [-0.15, -0.1) is 0 Å². The Balaban J connectivity index is 2.20. The molecule has 15 heavy (non-hydrogen) atoms. The second-order valence-electron chi connectivity index (χ2n) is 4.38. The first kappa shape index (κ1) is 10.2. The predicted molar refractivity (Wildman–Crippen MR) is 60.9 cm³/mol. The van der Waals surface area contributed by atoms with Crippen LogP contribution in [0.3, 0.4) is 0 Å². The molecule has 0 saturated carbocycles. The molecule has 0 aliphatic carbocycles. The normalized spacial score (nSPS) is 25.5. The molecule has 1 fully saturated rings. The number of aromatic nitrogens is 1. The van der Waals surface area contributed by atoms with Crippen molar-refractivity contribution in [3.63, 3.8) is 0 Å². The van der Waals surface area contributed by atoms with Crippen molar-refractivity contribution in [2.45, 2.75) is 25.8 Å². The van der Waals surface area contributed by atoms with Gasteiger partial charge in [0.15, 0.2) is 0 Å². The fraction of sp³-hybridized carbons (Fsp3) is 0.545. The summed E-state index contributed by atoms with van der Waals surface area (Å²) >= 11 is 0. The van der Waals surface area contributed by atoms with Crippen LogP contribution >= 0.6 is 0 Å². The van der Waals surface area contributed by atoms with Gasteiger partial charge >= 0.3 is 0 Å². The molecular weight excluding hydrogens is 190 g/mol. The van der Waals surface area contributed by atoms with E-state index in [2.05, 4.69) is 17.2 Å². The molecule has 1 aromatic heterocycles. The van der Waals surface area contributed by atoms with Gasteiger partial charge in [0, 0.05) is 12.8 Å². The van der Waals surface area contributed by atoms with Crippen molar-refractivity contribution in [2.75, 3.05) is 24.3 Å². The molecule has 3 N–H and O–H groups in total. The number of anilines is 2. The lowest BCUT2D eigenvalue weighted by molar-refractivity contribution is 0.185. The molecule has 82 valence electrons. The SMILES string of the molecule is Cc1ccnc(NC2(C)CCOC2)c1N. The van der Waals surface area contributed by atoms with Crippen LogP contribution in [0.5, 0.6) is 0 Å². The highest BCUT2D eigenvalue weighted by atomic mass is 16.5. The molecule has 0 aromatic carbocycles. The Morgan fingerprint density at radius 2 is 2.40 bits per heavy atom. The number of nitrogen functional groups attached to an aromatic ring is 1. The largest absolute Gasteiger partial charge is 0.396 e. The summed E-state index contributed by atoms with van der Waals surface area (Å²) in [6.07, 6.45) is 2.76. The molecule has 0 radical (unpaired) electrons. The summed E-state index contributed by atoms with van der Waals surface area (Å²) < 4.78 is 5.37. The van der Waals surface area contributed by atoms with Gasteiger partial charge < -0.3 is 15.8 Å². The molecule has 1 aliphatic rings. The summed E-state index contributed by atoms with van der Waals surface area (Å²) in [5.41, 5.74) is 7.70. The summed E-state index contributed by atoms with van der Waals surface area (Å²) in [4.78, 5) is 4.26. The van der Waals surface area contributed by atoms with Gasteiger partial charge in [-0.1, -0.05) is 0 Å². The minimum atomic E-state index is -0.0328. The summed E-state index contributed by atoms with van der Waals surface area (Å²) in [7, 11) is 0. The van der Waals surface area contributed by atoms with Crippen molar-refractivity contribution in [2.24, 2.45) is 0 Å². The fourth-order valence-electron chi connectivity index (χ4n) is 1.72. The minimum Gasteiger partial charge on any atom is -0.396 e. The summed E-state index contributed by atoms with van der Waals surface area (Å²) in [6, 6.07) is 1.91. The highest BCUT2D eigenvalue weighted by Crippen LogP contribution is 2.27. The van der Waals surface area contributed by atoms with E-state index >= 15 is 0 Å². The van der Waals surface area contributed by atoms with Crippen LogP contribution in [-0.2, 0) is 4.74 Å². The van der Waals surface area contributed by atoms with Crippen LogP contribution < -0.4 is 11.1 Å². The van der Waals surface area contributed by atoms with E-state index in [0.717, 1.165) is 30.1 Å². The topological polar surface area (TPSA) is 60.2 Å². The molecule has 0 amide bonds. The third-order valence-electron chi connectivity index (χ3n) is 2.85. The van der Waals surface area contributed by atoms with Crippen molar-refractivity contribution < 1.29 is 4.74 Å². The van der Waals surface area contributed by atoms with Crippen molar-refractivity contribution >= 4 is 11.5 Å². The lowest BCUT2D eigenvalue weighted by Crippen LogP contribution is -2.35. The number of nitrogens with one attached hydrogen (secondary N) is 1. The number of ether oxygens (including phenoxy) is 1. The van der Waals surface area contributed by atoms with Gasteiger partial charge in [-0.3, -0.25) is 0 Å². The number of hydrogen-bond acceptors (Lipinski definition) is 4. The zero-order valence-electron chi connectivity index (χ0n) is 9.21. The zero-order chi connectivity index (χ0) is 10.9. The van der Waals surface area contributed by atoms with Crippen LogP contribution in [0.2, 0.25) is 0 Å². The second kappa shape index (κ2) is 3.70. The molecule has 1 unspecified atom stereocenters. The lowest BCUT2D eigenvalue weighted by Gasteiger charge is -2.25. The average molecular weight is 207 g/mol. The Morgan fingerprint density at radius 3 is 3.07 bits per heavy atom. The Bertz CT molecular complexity index is 359. The van der Waals surface area contributed by atoms with Crippen molar-refractivity contribution in [1.29, 1.82) is 0 Å². The Labute approximate surface area is 89.8 Å². The van der Waals surface area contributed by atoms with Crippen molar-refractivity contribution in [3.8, 4) is 0 Å². The highest BCUT2D eigenvalue weighted by Gasteiger charge is 2.30. The number of nitrogens with zero attached hydrogens (tertiary/aromatic N) is 1. The van der Waals surface area contributed by atoms with Gasteiger partial charge in [0.05, 0.1) is 17.8 Å². The lowest BCUT2D eigenvalue weighted by atomic mass is 10.0. The molecule has 1 saturated heterocycles. The van der Waals surface area contributed by atoms with Crippen LogP contribution in [0.15, 0.2) is 12.3 Å². The molecule has 1 atom stereocenters. The van der Waals surface area contributed by atoms with E-state index in [-0.39, 0.29) is 5.54 Å². The number of nitrogens with two attached hydrogens (primary N) is 1. The maximum atomic E-state index is 5.95. The summed E-state index contributed by atoms with van der Waals surface area (Å²) in [5.74, 6) is 0.767. The first-order valence-electron chi connectivity index (χ1n) is 5.18. The quantitative estimate of drug-likeness (QED) is 0.772. The summed E-state index contributed by atoms with van der Waals surface area (Å²) in [6.45, 7) is 5.62. The zero-order valence-corrected chi connectivity index (χ0v) is 9.21. The molecule has 0 spiro atoms. The van der Waals surface area contributed by atoms with Crippen LogP contribution in [0, 0.1) is 6.92 Å².